The van der Waals surface area contributed by atoms with Gasteiger partial charge < -0.3 is 19.6 Å². The molecule has 180 valence electrons. The number of anilines is 1. The molecule has 0 bridgehead atoms. The largest absolute Gasteiger partial charge is 0.465 e. The number of esters is 1. The normalized spacial score (nSPS) is 33.6. The second kappa shape index (κ2) is 8.57. The Morgan fingerprint density at radius 2 is 1.91 bits per heavy atom. The highest BCUT2D eigenvalue weighted by atomic mass is 32.2. The van der Waals surface area contributed by atoms with Gasteiger partial charge in [-0.3, -0.25) is 14.4 Å². The highest BCUT2D eigenvalue weighted by Crippen LogP contribution is 2.61. The quantitative estimate of drug-likeness (QED) is 0.526. The van der Waals surface area contributed by atoms with Gasteiger partial charge in [-0.15, -0.1) is 11.8 Å². The maximum atomic E-state index is 14.3. The Bertz CT molecular complexity index is 1080. The van der Waals surface area contributed by atoms with Gasteiger partial charge in [-0.05, 0) is 38.3 Å². The number of nitrogens with zero attached hydrogens (tertiary/aromatic N) is 2. The summed E-state index contributed by atoms with van der Waals surface area (Å²) in [6.45, 7) is 6.09. The van der Waals surface area contributed by atoms with Gasteiger partial charge in [0.15, 0.2) is 0 Å². The van der Waals surface area contributed by atoms with Gasteiger partial charge in [-0.25, -0.2) is 0 Å². The number of likely N-dealkylation sites (tertiary alicyclic amines) is 1. The number of aryl methyl sites for hydroxylation is 2. The van der Waals surface area contributed by atoms with Gasteiger partial charge in [-0.1, -0.05) is 42.5 Å². The molecule has 4 heterocycles. The average Bonchev–Trinajstić information content (AvgIpc) is 3.18. The number of para-hydroxylation sites is 1. The van der Waals surface area contributed by atoms with E-state index in [1.807, 2.05) is 56.4 Å². The van der Waals surface area contributed by atoms with Crippen LogP contribution in [0.5, 0.6) is 0 Å². The molecule has 5 rings (SSSR count). The Kier molecular flexibility index (Phi) is 5.84. The maximum absolute atomic E-state index is 14.3. The van der Waals surface area contributed by atoms with E-state index in [-0.39, 0.29) is 36.2 Å². The van der Waals surface area contributed by atoms with E-state index in [2.05, 4.69) is 0 Å². The topological polar surface area (TPSA) is 87.2 Å². The van der Waals surface area contributed by atoms with E-state index in [0.717, 1.165) is 16.8 Å². The number of cyclic esters (lactones) is 1. The third kappa shape index (κ3) is 3.26. The number of thioether (sulfide) groups is 1. The summed E-state index contributed by atoms with van der Waals surface area (Å²) in [4.78, 5) is 44.6. The van der Waals surface area contributed by atoms with Crippen LogP contribution in [0, 0.1) is 25.7 Å². The molecule has 1 spiro atoms. The van der Waals surface area contributed by atoms with Crippen LogP contribution >= 0.6 is 11.8 Å². The lowest BCUT2D eigenvalue weighted by molar-refractivity contribution is -0.153. The van der Waals surface area contributed by atoms with Crippen LogP contribution in [0.3, 0.4) is 0 Å². The highest BCUT2D eigenvalue weighted by Gasteiger charge is 2.71. The van der Waals surface area contributed by atoms with E-state index in [1.165, 1.54) is 16.7 Å². The molecule has 2 fully saturated rings. The summed E-state index contributed by atoms with van der Waals surface area (Å²) in [6, 6.07) is 4.52. The summed E-state index contributed by atoms with van der Waals surface area (Å²) >= 11 is 1.51. The summed E-state index contributed by atoms with van der Waals surface area (Å²) in [7, 11) is 0. The van der Waals surface area contributed by atoms with Crippen LogP contribution in [0.25, 0.3) is 0 Å². The molecule has 2 amide bonds. The second-order valence-corrected chi connectivity index (χ2v) is 11.1. The SMILES string of the molecule is Cc1cccc(C)c1N1CC=C[C@]23S[C@@H]4C=CCCOC(=O)[C@@H]4[C@H]2C(=O)N([C@H](C)CO)C3C1=O. The van der Waals surface area contributed by atoms with Crippen LogP contribution in [-0.4, -0.2) is 69.6 Å². The zero-order valence-corrected chi connectivity index (χ0v) is 20.5. The molecule has 2 saturated heterocycles. The number of fused-ring (bicyclic) bond motifs is 2. The number of rotatable bonds is 3. The Balaban J connectivity index is 1.67. The van der Waals surface area contributed by atoms with Crippen molar-refractivity contribution >= 4 is 35.2 Å². The third-order valence-electron chi connectivity index (χ3n) is 7.51. The summed E-state index contributed by atoms with van der Waals surface area (Å²) in [5, 5.41) is 9.76. The molecule has 4 aliphatic heterocycles. The minimum absolute atomic E-state index is 0.183. The number of hydrogen-bond acceptors (Lipinski definition) is 6. The van der Waals surface area contributed by atoms with Crippen molar-refractivity contribution in [1.82, 2.24) is 4.90 Å². The van der Waals surface area contributed by atoms with Gasteiger partial charge in [0, 0.05) is 17.5 Å². The molecule has 1 aromatic rings. The van der Waals surface area contributed by atoms with Gasteiger partial charge in [0.25, 0.3) is 5.91 Å². The molecule has 0 saturated carbocycles. The van der Waals surface area contributed by atoms with Crippen LogP contribution in [-0.2, 0) is 19.1 Å². The maximum Gasteiger partial charge on any atom is 0.311 e. The van der Waals surface area contributed by atoms with Crippen molar-refractivity contribution in [3.63, 3.8) is 0 Å². The first-order valence-electron chi connectivity index (χ1n) is 11.8. The monoisotopic (exact) mass is 482 g/mol. The zero-order chi connectivity index (χ0) is 24.2. The predicted octanol–water partition coefficient (Wildman–Crippen LogP) is 2.39. The first kappa shape index (κ1) is 23.2. The number of carbonyl (C=O) groups excluding carboxylic acids is 3. The molecule has 34 heavy (non-hydrogen) atoms. The highest BCUT2D eigenvalue weighted by molar-refractivity contribution is 8.02. The van der Waals surface area contributed by atoms with E-state index in [9.17, 15) is 19.5 Å². The van der Waals surface area contributed by atoms with Crippen molar-refractivity contribution < 1.29 is 24.2 Å². The molecule has 0 radical (unpaired) electrons. The molecule has 0 aromatic heterocycles. The van der Waals surface area contributed by atoms with Crippen LogP contribution in [0.2, 0.25) is 0 Å². The van der Waals surface area contributed by atoms with Gasteiger partial charge in [0.2, 0.25) is 5.91 Å². The van der Waals surface area contributed by atoms with Gasteiger partial charge in [0.1, 0.15) is 6.04 Å². The fourth-order valence-electron chi connectivity index (χ4n) is 6.04. The molecule has 6 atom stereocenters. The van der Waals surface area contributed by atoms with E-state index < -0.39 is 28.7 Å². The Morgan fingerprint density at radius 3 is 2.62 bits per heavy atom. The minimum atomic E-state index is -0.911. The van der Waals surface area contributed by atoms with Gasteiger partial charge in [0.05, 0.1) is 35.8 Å². The summed E-state index contributed by atoms with van der Waals surface area (Å²) in [5.41, 5.74) is 2.80. The average molecular weight is 483 g/mol. The Labute approximate surface area is 203 Å². The zero-order valence-electron chi connectivity index (χ0n) is 19.6. The molecule has 1 aromatic carbocycles. The van der Waals surface area contributed by atoms with Crippen molar-refractivity contribution in [2.24, 2.45) is 11.8 Å². The first-order valence-corrected chi connectivity index (χ1v) is 12.7. The first-order chi connectivity index (χ1) is 16.3. The van der Waals surface area contributed by atoms with Crippen molar-refractivity contribution in [3.8, 4) is 0 Å². The number of ether oxygens (including phenoxy) is 1. The summed E-state index contributed by atoms with van der Waals surface area (Å²) in [6.07, 6.45) is 8.56. The lowest BCUT2D eigenvalue weighted by Gasteiger charge is -2.38. The van der Waals surface area contributed by atoms with Gasteiger partial charge >= 0.3 is 5.97 Å². The number of aliphatic hydroxyl groups excluding tert-OH is 1. The number of amides is 2. The molecule has 8 heteroatoms. The molecule has 0 aliphatic carbocycles. The third-order valence-corrected chi connectivity index (χ3v) is 9.25. The molecule has 7 nitrogen and oxygen atoms in total. The fraction of sp³-hybridized carbons (Fsp3) is 0.500. The predicted molar refractivity (Wildman–Crippen MR) is 130 cm³/mol. The molecule has 4 aliphatic rings. The van der Waals surface area contributed by atoms with E-state index >= 15 is 0 Å². The van der Waals surface area contributed by atoms with Gasteiger partial charge in [-0.2, -0.15) is 0 Å². The number of aliphatic hydroxyl groups is 1. The van der Waals surface area contributed by atoms with Crippen molar-refractivity contribution in [1.29, 1.82) is 0 Å². The van der Waals surface area contributed by atoms with E-state index in [0.29, 0.717) is 13.0 Å². The molecular weight excluding hydrogens is 452 g/mol. The number of benzene rings is 1. The van der Waals surface area contributed by atoms with Crippen LogP contribution in [0.15, 0.2) is 42.5 Å². The Hall–Kier alpha value is -2.58. The van der Waals surface area contributed by atoms with Crippen molar-refractivity contribution in [2.75, 3.05) is 24.7 Å². The van der Waals surface area contributed by atoms with Crippen LogP contribution < -0.4 is 4.90 Å². The summed E-state index contributed by atoms with van der Waals surface area (Å²) < 4.78 is 4.58. The fourth-order valence-corrected chi connectivity index (χ4v) is 8.03. The molecular formula is C26H30N2O5S. The second-order valence-electron chi connectivity index (χ2n) is 9.60. The minimum Gasteiger partial charge on any atom is -0.465 e. The van der Waals surface area contributed by atoms with E-state index in [4.69, 9.17) is 4.74 Å². The van der Waals surface area contributed by atoms with Crippen LogP contribution in [0.1, 0.15) is 24.5 Å². The molecule has 1 N–H and O–H groups in total. The smallest absolute Gasteiger partial charge is 0.311 e. The van der Waals surface area contributed by atoms with Crippen molar-refractivity contribution in [2.45, 2.75) is 49.3 Å². The van der Waals surface area contributed by atoms with Crippen molar-refractivity contribution in [3.05, 3.63) is 53.6 Å². The molecule has 1 unspecified atom stereocenters. The standard InChI is InChI=1S/C26H30N2O5S/c1-15-8-6-9-16(2)21(15)27-12-7-11-26-20(19-18(34-26)10-4-5-13-33-25(19)32)23(30)28(17(3)14-29)22(26)24(27)31/h4,6-11,17-20,22,29H,5,12-14H2,1-3H3/t17-,18-,19+,20+,22?,26+/m1/s1. The Morgan fingerprint density at radius 1 is 1.18 bits per heavy atom. The lowest BCUT2D eigenvalue weighted by Crippen LogP contribution is -2.56. The number of carbonyl (C=O) groups is 3. The lowest BCUT2D eigenvalue weighted by atomic mass is 9.78. The van der Waals surface area contributed by atoms with Crippen LogP contribution in [0.4, 0.5) is 5.69 Å². The number of hydrogen-bond donors (Lipinski definition) is 1. The van der Waals surface area contributed by atoms with E-state index in [1.54, 1.807) is 11.8 Å². The summed E-state index contributed by atoms with van der Waals surface area (Å²) in [5.74, 6) is -2.23.